The highest BCUT2D eigenvalue weighted by Gasteiger charge is 2.36. The third kappa shape index (κ3) is 3.85. The number of hydrazone groups is 1. The van der Waals surface area contributed by atoms with E-state index in [0.29, 0.717) is 0 Å². The van der Waals surface area contributed by atoms with Crippen molar-refractivity contribution >= 4 is 45.6 Å². The zero-order valence-corrected chi connectivity index (χ0v) is 18.9. The summed E-state index contributed by atoms with van der Waals surface area (Å²) in [6.45, 7) is 7.95. The van der Waals surface area contributed by atoms with E-state index in [9.17, 15) is 4.79 Å². The molecular weight excluding hydrogens is 400 g/mol. The molecule has 0 saturated heterocycles. The van der Waals surface area contributed by atoms with E-state index in [-0.39, 0.29) is 9.99 Å². The first-order valence-electron chi connectivity index (χ1n) is 9.95. The van der Waals surface area contributed by atoms with Gasteiger partial charge in [-0.1, -0.05) is 23.9 Å². The Morgan fingerprint density at radius 3 is 2.86 bits per heavy atom. The van der Waals surface area contributed by atoms with Gasteiger partial charge in [-0.15, -0.1) is 11.3 Å². The zero-order valence-electron chi connectivity index (χ0n) is 17.3. The second-order valence-electron chi connectivity index (χ2n) is 7.72. The Balaban J connectivity index is 1.74. The standard InChI is InChI=1S/C22H26N4OS2/c1-5-23-20(18-9-7-13-28-18)26-12-6-8-15-14-16(10-11-17(15)26)19-22(2,3)29-21(27)25(4)24-19/h7,9-11,13-14H,5-6,8,12H2,1-4H3. The Kier molecular flexibility index (Phi) is 5.53. The smallest absolute Gasteiger partial charge is 0.302 e. The maximum Gasteiger partial charge on any atom is 0.302 e. The molecule has 2 aliphatic rings. The minimum atomic E-state index is -0.349. The predicted octanol–water partition coefficient (Wildman–Crippen LogP) is 5.25. The molecule has 5 nitrogen and oxygen atoms in total. The number of aryl methyl sites for hydroxylation is 1. The summed E-state index contributed by atoms with van der Waals surface area (Å²) in [5.41, 5.74) is 4.59. The minimum absolute atomic E-state index is 0.0146. The van der Waals surface area contributed by atoms with E-state index in [1.807, 2.05) is 0 Å². The van der Waals surface area contributed by atoms with Crippen molar-refractivity contribution in [1.82, 2.24) is 5.01 Å². The lowest BCUT2D eigenvalue weighted by Crippen LogP contribution is -2.40. The van der Waals surface area contributed by atoms with Gasteiger partial charge in [0.25, 0.3) is 0 Å². The molecule has 0 spiro atoms. The number of nitrogens with zero attached hydrogens (tertiary/aromatic N) is 4. The molecule has 0 unspecified atom stereocenters. The molecule has 7 heteroatoms. The second-order valence-corrected chi connectivity index (χ2v) is 10.2. The molecule has 0 radical (unpaired) electrons. The molecule has 2 aromatic rings. The zero-order chi connectivity index (χ0) is 20.6. The van der Waals surface area contributed by atoms with Crippen molar-refractivity contribution in [2.24, 2.45) is 10.1 Å². The molecule has 2 aliphatic heterocycles. The average molecular weight is 427 g/mol. The first-order chi connectivity index (χ1) is 13.9. The SMILES string of the molecule is CCN=C(c1cccs1)N1CCCc2cc(C3=NN(C)C(=O)SC3(C)C)ccc21. The van der Waals surface area contributed by atoms with Crippen LogP contribution in [0.5, 0.6) is 0 Å². The van der Waals surface area contributed by atoms with Crippen molar-refractivity contribution in [3.63, 3.8) is 0 Å². The summed E-state index contributed by atoms with van der Waals surface area (Å²) in [7, 11) is 1.72. The third-order valence-electron chi connectivity index (χ3n) is 5.20. The van der Waals surface area contributed by atoms with E-state index in [4.69, 9.17) is 4.99 Å². The van der Waals surface area contributed by atoms with E-state index < -0.39 is 0 Å². The Hall–Kier alpha value is -2.12. The highest BCUT2D eigenvalue weighted by Crippen LogP contribution is 2.37. The number of amidine groups is 1. The van der Waals surface area contributed by atoms with E-state index in [0.717, 1.165) is 43.0 Å². The van der Waals surface area contributed by atoms with Gasteiger partial charge in [0.1, 0.15) is 5.84 Å². The van der Waals surface area contributed by atoms with Crippen molar-refractivity contribution in [3.05, 3.63) is 51.7 Å². The quantitative estimate of drug-likeness (QED) is 0.498. The van der Waals surface area contributed by atoms with Crippen LogP contribution in [0.4, 0.5) is 10.5 Å². The number of hydrogen-bond acceptors (Lipinski definition) is 5. The molecule has 3 heterocycles. The van der Waals surface area contributed by atoms with E-state index in [2.05, 4.69) is 66.5 Å². The van der Waals surface area contributed by atoms with Gasteiger partial charge in [0.15, 0.2) is 0 Å². The number of amides is 1. The lowest BCUT2D eigenvalue weighted by molar-refractivity contribution is 0.234. The van der Waals surface area contributed by atoms with Crippen LogP contribution in [-0.4, -0.2) is 46.7 Å². The van der Waals surface area contributed by atoms with Crippen LogP contribution in [0.15, 0.2) is 45.8 Å². The van der Waals surface area contributed by atoms with E-state index in [1.165, 1.54) is 32.9 Å². The van der Waals surface area contributed by atoms with Crippen molar-refractivity contribution in [3.8, 4) is 0 Å². The van der Waals surface area contributed by atoms with Gasteiger partial charge in [-0.2, -0.15) is 5.10 Å². The molecule has 0 saturated carbocycles. The van der Waals surface area contributed by atoms with Crippen molar-refractivity contribution in [1.29, 1.82) is 0 Å². The number of benzene rings is 1. The Morgan fingerprint density at radius 2 is 2.14 bits per heavy atom. The Bertz CT molecular complexity index is 979. The minimum Gasteiger partial charge on any atom is -0.325 e. The molecule has 29 heavy (non-hydrogen) atoms. The summed E-state index contributed by atoms with van der Waals surface area (Å²) in [6, 6.07) is 10.8. The van der Waals surface area contributed by atoms with Crippen molar-refractivity contribution < 1.29 is 4.79 Å². The number of thioether (sulfide) groups is 1. The van der Waals surface area contributed by atoms with Crippen LogP contribution in [0, 0.1) is 0 Å². The summed E-state index contributed by atoms with van der Waals surface area (Å²) in [6.07, 6.45) is 2.13. The first-order valence-corrected chi connectivity index (χ1v) is 11.7. The Morgan fingerprint density at radius 1 is 1.31 bits per heavy atom. The first kappa shape index (κ1) is 20.2. The topological polar surface area (TPSA) is 48.3 Å². The fraction of sp³-hybridized carbons (Fsp3) is 0.409. The highest BCUT2D eigenvalue weighted by atomic mass is 32.2. The predicted molar refractivity (Wildman–Crippen MR) is 125 cm³/mol. The Labute approximate surface area is 180 Å². The average Bonchev–Trinajstić information content (AvgIpc) is 3.22. The van der Waals surface area contributed by atoms with Crippen LogP contribution >= 0.6 is 23.1 Å². The molecule has 4 rings (SSSR count). The van der Waals surface area contributed by atoms with Crippen LogP contribution in [-0.2, 0) is 6.42 Å². The molecule has 0 aliphatic carbocycles. The molecule has 0 bridgehead atoms. The third-order valence-corrected chi connectivity index (χ3v) is 7.21. The fourth-order valence-corrected chi connectivity index (χ4v) is 5.47. The number of thiophene rings is 1. The fourth-order valence-electron chi connectivity index (χ4n) is 3.87. The summed E-state index contributed by atoms with van der Waals surface area (Å²) in [5, 5.41) is 8.14. The maximum absolute atomic E-state index is 12.1. The highest BCUT2D eigenvalue weighted by molar-refractivity contribution is 8.15. The maximum atomic E-state index is 12.1. The number of rotatable bonds is 3. The van der Waals surface area contributed by atoms with Crippen LogP contribution in [0.25, 0.3) is 0 Å². The molecule has 0 N–H and O–H groups in total. The molecular formula is C22H26N4OS2. The van der Waals surface area contributed by atoms with Gasteiger partial charge >= 0.3 is 5.24 Å². The van der Waals surface area contributed by atoms with E-state index in [1.54, 1.807) is 18.4 Å². The number of anilines is 1. The summed E-state index contributed by atoms with van der Waals surface area (Å²) in [5.74, 6) is 1.06. The molecule has 1 aromatic heterocycles. The van der Waals surface area contributed by atoms with Crippen LogP contribution in [0.3, 0.4) is 0 Å². The number of fused-ring (bicyclic) bond motifs is 1. The normalized spacial score (nSPS) is 19.2. The van der Waals surface area contributed by atoms with Crippen molar-refractivity contribution in [2.45, 2.75) is 38.4 Å². The number of carbonyl (C=O) groups excluding carboxylic acids is 1. The number of carbonyl (C=O) groups is 1. The summed E-state index contributed by atoms with van der Waals surface area (Å²) < 4.78 is -0.349. The molecule has 152 valence electrons. The second kappa shape index (κ2) is 7.95. The number of hydrogen-bond donors (Lipinski definition) is 0. The summed E-state index contributed by atoms with van der Waals surface area (Å²) >= 11 is 3.06. The molecule has 0 fully saturated rings. The van der Waals surface area contributed by atoms with Crippen LogP contribution < -0.4 is 4.90 Å². The molecule has 1 amide bonds. The van der Waals surface area contributed by atoms with Crippen LogP contribution in [0.2, 0.25) is 0 Å². The lowest BCUT2D eigenvalue weighted by Gasteiger charge is -2.34. The van der Waals surface area contributed by atoms with Crippen LogP contribution in [0.1, 0.15) is 43.2 Å². The molecule has 0 atom stereocenters. The lowest BCUT2D eigenvalue weighted by atomic mass is 9.93. The van der Waals surface area contributed by atoms with Gasteiger partial charge in [-0.3, -0.25) is 9.79 Å². The van der Waals surface area contributed by atoms with Crippen molar-refractivity contribution in [2.75, 3.05) is 25.0 Å². The molecule has 1 aromatic carbocycles. The van der Waals surface area contributed by atoms with Gasteiger partial charge in [-0.25, -0.2) is 5.01 Å². The number of aliphatic imine (C=N–C) groups is 1. The largest absolute Gasteiger partial charge is 0.325 e. The van der Waals surface area contributed by atoms with Gasteiger partial charge in [0, 0.05) is 25.8 Å². The van der Waals surface area contributed by atoms with Gasteiger partial charge < -0.3 is 4.90 Å². The van der Waals surface area contributed by atoms with E-state index >= 15 is 0 Å². The summed E-state index contributed by atoms with van der Waals surface area (Å²) in [4.78, 5) is 20.5. The van der Waals surface area contributed by atoms with Gasteiger partial charge in [0.05, 0.1) is 15.3 Å². The monoisotopic (exact) mass is 426 g/mol. The van der Waals surface area contributed by atoms with Gasteiger partial charge in [-0.05, 0) is 68.3 Å². The van der Waals surface area contributed by atoms with Gasteiger partial charge in [0.2, 0.25) is 0 Å².